The lowest BCUT2D eigenvalue weighted by Gasteiger charge is -2.29. The van der Waals surface area contributed by atoms with Crippen LogP contribution in [0.15, 0.2) is 29.7 Å². The number of aryl methyl sites for hydroxylation is 1. The van der Waals surface area contributed by atoms with Crippen LogP contribution in [0.5, 0.6) is 0 Å². The smallest absolute Gasteiger partial charge is 0.341 e. The number of rotatable bonds is 5. The number of fused-ring (bicyclic) bond motifs is 1. The fourth-order valence-electron chi connectivity index (χ4n) is 2.84. The molecule has 1 aliphatic rings. The fourth-order valence-corrected chi connectivity index (χ4v) is 2.84. The molecule has 3 heterocycles. The Morgan fingerprint density at radius 3 is 2.61 bits per heavy atom. The van der Waals surface area contributed by atoms with Crippen molar-refractivity contribution in [3.63, 3.8) is 0 Å². The topological polar surface area (TPSA) is 105 Å². The molecule has 0 aromatic carbocycles. The van der Waals surface area contributed by atoms with Crippen molar-refractivity contribution < 1.29 is 19.1 Å². The zero-order chi connectivity index (χ0) is 20.7. The molecule has 2 N–H and O–H groups in total. The van der Waals surface area contributed by atoms with Gasteiger partial charge in [-0.2, -0.15) is 0 Å². The van der Waals surface area contributed by atoms with E-state index in [1.54, 1.807) is 10.6 Å². The Morgan fingerprint density at radius 2 is 2.11 bits per heavy atom. The van der Waals surface area contributed by atoms with Crippen LogP contribution >= 0.6 is 0 Å². The molecule has 1 fully saturated rings. The predicted octanol–water partition coefficient (Wildman–Crippen LogP) is 1.42. The number of nitrogens with zero attached hydrogens (tertiary/aromatic N) is 3. The maximum Gasteiger partial charge on any atom is 0.341 e. The minimum atomic E-state index is -1.33. The van der Waals surface area contributed by atoms with Crippen molar-refractivity contribution in [2.24, 2.45) is 0 Å². The van der Waals surface area contributed by atoms with E-state index >= 15 is 0 Å². The molecule has 8 nitrogen and oxygen atoms in total. The van der Waals surface area contributed by atoms with Crippen LogP contribution in [-0.2, 0) is 11.3 Å². The molecule has 0 bridgehead atoms. The number of piperazine rings is 1. The number of allylic oxidation sites excluding steroid dienone is 1. The van der Waals surface area contributed by atoms with E-state index < -0.39 is 17.2 Å². The number of carboxylic acids is 1. The summed E-state index contributed by atoms with van der Waals surface area (Å²) in [5.74, 6) is -1.74. The van der Waals surface area contributed by atoms with Gasteiger partial charge in [-0.05, 0) is 13.0 Å². The fraction of sp³-hybridized carbons (Fsp3) is 0.368. The molecule has 3 rings (SSSR count). The molecule has 28 heavy (non-hydrogen) atoms. The van der Waals surface area contributed by atoms with E-state index in [4.69, 9.17) is 5.11 Å². The molecular formula is C19H23FN4O4. The summed E-state index contributed by atoms with van der Waals surface area (Å²) in [5.41, 5.74) is -0.789. The van der Waals surface area contributed by atoms with Gasteiger partial charge in [0.05, 0.1) is 5.39 Å². The highest BCUT2D eigenvalue weighted by atomic mass is 19.1. The van der Waals surface area contributed by atoms with Crippen LogP contribution in [0, 0.1) is 5.82 Å². The molecule has 0 atom stereocenters. The molecule has 0 aliphatic carbocycles. The third kappa shape index (κ3) is 4.61. The van der Waals surface area contributed by atoms with Gasteiger partial charge in [-0.1, -0.05) is 6.08 Å². The average molecular weight is 390 g/mol. The lowest BCUT2D eigenvalue weighted by molar-refractivity contribution is -0.107. The standard InChI is InChI=1S/C15H17FN4O3.C4H6O/c1-2-19-8-10(15(22)23)12(21)9-7-11(16)14(18-13(9)19)20-5-3-17-4-6-20;1-2-3-4-5/h7-8,17H,2-6H2,1H3,(H,22,23);2,4H,1,3H2. The molecule has 0 radical (unpaired) electrons. The number of halogens is 1. The van der Waals surface area contributed by atoms with Crippen LogP contribution in [0.2, 0.25) is 0 Å². The van der Waals surface area contributed by atoms with Crippen LogP contribution in [0.25, 0.3) is 11.0 Å². The van der Waals surface area contributed by atoms with Gasteiger partial charge in [0, 0.05) is 45.3 Å². The van der Waals surface area contributed by atoms with Crippen molar-refractivity contribution in [3.8, 4) is 0 Å². The number of aromatic carboxylic acids is 1. The van der Waals surface area contributed by atoms with Crippen molar-refractivity contribution >= 4 is 29.1 Å². The molecule has 150 valence electrons. The zero-order valence-electron chi connectivity index (χ0n) is 15.7. The molecule has 0 amide bonds. The lowest BCUT2D eigenvalue weighted by Crippen LogP contribution is -2.44. The van der Waals surface area contributed by atoms with Gasteiger partial charge < -0.3 is 24.7 Å². The summed E-state index contributed by atoms with van der Waals surface area (Å²) in [6, 6.07) is 1.10. The van der Waals surface area contributed by atoms with Gasteiger partial charge in [0.2, 0.25) is 5.43 Å². The van der Waals surface area contributed by atoms with Crippen molar-refractivity contribution in [3.05, 3.63) is 46.5 Å². The van der Waals surface area contributed by atoms with Crippen molar-refractivity contribution in [1.29, 1.82) is 0 Å². The van der Waals surface area contributed by atoms with Gasteiger partial charge in [0.25, 0.3) is 0 Å². The molecule has 9 heteroatoms. The summed E-state index contributed by atoms with van der Waals surface area (Å²) < 4.78 is 16.0. The van der Waals surface area contributed by atoms with E-state index in [0.717, 1.165) is 25.4 Å². The summed E-state index contributed by atoms with van der Waals surface area (Å²) in [6.45, 7) is 8.27. The van der Waals surface area contributed by atoms with Crippen LogP contribution in [0.3, 0.4) is 0 Å². The average Bonchev–Trinajstić information content (AvgIpc) is 2.70. The summed E-state index contributed by atoms with van der Waals surface area (Å²) >= 11 is 0. The van der Waals surface area contributed by atoms with E-state index in [2.05, 4.69) is 16.9 Å². The van der Waals surface area contributed by atoms with E-state index in [-0.39, 0.29) is 16.8 Å². The molecular weight excluding hydrogens is 367 g/mol. The number of pyridine rings is 2. The Kier molecular flexibility index (Phi) is 7.39. The summed E-state index contributed by atoms with van der Waals surface area (Å²) in [7, 11) is 0. The van der Waals surface area contributed by atoms with Gasteiger partial charge in [-0.25, -0.2) is 14.2 Å². The first-order valence-corrected chi connectivity index (χ1v) is 8.91. The van der Waals surface area contributed by atoms with E-state index in [0.29, 0.717) is 31.7 Å². The zero-order valence-corrected chi connectivity index (χ0v) is 15.7. The van der Waals surface area contributed by atoms with E-state index in [9.17, 15) is 18.8 Å². The normalized spacial score (nSPS) is 13.6. The molecule has 1 saturated heterocycles. The van der Waals surface area contributed by atoms with Gasteiger partial charge in [0.1, 0.15) is 17.5 Å². The summed E-state index contributed by atoms with van der Waals surface area (Å²) in [6.07, 6.45) is 4.11. The molecule has 0 spiro atoms. The highest BCUT2D eigenvalue weighted by molar-refractivity contribution is 5.92. The van der Waals surface area contributed by atoms with Gasteiger partial charge in [0.15, 0.2) is 11.6 Å². The second-order valence-corrected chi connectivity index (χ2v) is 6.06. The van der Waals surface area contributed by atoms with Gasteiger partial charge in [-0.15, -0.1) is 6.58 Å². The Morgan fingerprint density at radius 1 is 1.43 bits per heavy atom. The Balaban J connectivity index is 0.000000500. The van der Waals surface area contributed by atoms with E-state index in [1.807, 2.05) is 11.8 Å². The van der Waals surface area contributed by atoms with Crippen LogP contribution in [0.4, 0.5) is 10.2 Å². The molecule has 1 aliphatic heterocycles. The highest BCUT2D eigenvalue weighted by Crippen LogP contribution is 2.21. The van der Waals surface area contributed by atoms with Crippen LogP contribution in [0.1, 0.15) is 23.7 Å². The number of carboxylic acid groups (broad SMARTS) is 1. The highest BCUT2D eigenvalue weighted by Gasteiger charge is 2.21. The number of aromatic nitrogens is 2. The third-order valence-electron chi connectivity index (χ3n) is 4.23. The maximum absolute atomic E-state index is 14.4. The lowest BCUT2D eigenvalue weighted by atomic mass is 10.2. The molecule has 2 aromatic heterocycles. The Bertz CT molecular complexity index is 930. The summed E-state index contributed by atoms with van der Waals surface area (Å²) in [4.78, 5) is 38.9. The molecule has 0 saturated carbocycles. The first kappa shape index (κ1) is 21.2. The van der Waals surface area contributed by atoms with E-state index in [1.165, 1.54) is 6.20 Å². The first-order chi connectivity index (χ1) is 13.4. The minimum Gasteiger partial charge on any atom is -0.477 e. The monoisotopic (exact) mass is 390 g/mol. The second kappa shape index (κ2) is 9.75. The van der Waals surface area contributed by atoms with Gasteiger partial charge >= 0.3 is 5.97 Å². The Hall–Kier alpha value is -3.07. The number of aldehydes is 1. The van der Waals surface area contributed by atoms with Crippen LogP contribution < -0.4 is 15.6 Å². The Labute approximate surface area is 161 Å². The predicted molar refractivity (Wildman–Crippen MR) is 105 cm³/mol. The quantitative estimate of drug-likeness (QED) is 0.588. The number of hydrogen-bond acceptors (Lipinski definition) is 6. The molecule has 2 aromatic rings. The second-order valence-electron chi connectivity index (χ2n) is 6.06. The van der Waals surface area contributed by atoms with Gasteiger partial charge in [-0.3, -0.25) is 4.79 Å². The van der Waals surface area contributed by atoms with Crippen molar-refractivity contribution in [2.75, 3.05) is 31.1 Å². The molecule has 0 unspecified atom stereocenters. The number of hydrogen-bond donors (Lipinski definition) is 2. The maximum atomic E-state index is 14.4. The number of carbonyl (C=O) groups excluding carboxylic acids is 1. The SMILES string of the molecule is C=CCC=O.CCn1cc(C(=O)O)c(=O)c2cc(F)c(N3CCNCC3)nc21. The number of nitrogens with one attached hydrogen (secondary N) is 1. The minimum absolute atomic E-state index is 0.0110. The number of anilines is 1. The van der Waals surface area contributed by atoms with Crippen molar-refractivity contribution in [2.45, 2.75) is 19.9 Å². The number of carbonyl (C=O) groups is 2. The third-order valence-corrected chi connectivity index (χ3v) is 4.23. The summed E-state index contributed by atoms with van der Waals surface area (Å²) in [5, 5.41) is 12.3. The first-order valence-electron chi connectivity index (χ1n) is 8.91. The largest absolute Gasteiger partial charge is 0.477 e. The van der Waals surface area contributed by atoms with Crippen LogP contribution in [-0.4, -0.2) is 53.1 Å². The van der Waals surface area contributed by atoms with Crippen molar-refractivity contribution in [1.82, 2.24) is 14.9 Å².